The van der Waals surface area contributed by atoms with Crippen molar-refractivity contribution in [3.63, 3.8) is 0 Å². The van der Waals surface area contributed by atoms with E-state index in [9.17, 15) is 4.79 Å². The SMILES string of the molecule is CCC=CCC=CCC=CCC=CCC=CCC=CCC(C=O)CNCCc1ccc(Cl)cc1Cl. The van der Waals surface area contributed by atoms with Gasteiger partial charge in [-0.25, -0.2) is 0 Å². The van der Waals surface area contributed by atoms with Crippen LogP contribution in [0.15, 0.2) is 91.1 Å². The first-order chi connectivity index (χ1) is 17.2. The molecule has 4 heteroatoms. The first-order valence-electron chi connectivity index (χ1n) is 12.7. The third kappa shape index (κ3) is 17.9. The molecular formula is C31H41Cl2NO. The van der Waals surface area contributed by atoms with E-state index in [0.29, 0.717) is 16.6 Å². The molecular weight excluding hydrogens is 473 g/mol. The van der Waals surface area contributed by atoms with Gasteiger partial charge in [-0.1, -0.05) is 109 Å². The summed E-state index contributed by atoms with van der Waals surface area (Å²) in [6.07, 6.45) is 34.7. The van der Waals surface area contributed by atoms with Crippen LogP contribution < -0.4 is 5.32 Å². The van der Waals surface area contributed by atoms with Gasteiger partial charge in [-0.05, 0) is 75.6 Å². The minimum Gasteiger partial charge on any atom is -0.316 e. The van der Waals surface area contributed by atoms with Crippen molar-refractivity contribution in [1.29, 1.82) is 0 Å². The molecule has 1 unspecified atom stereocenters. The summed E-state index contributed by atoms with van der Waals surface area (Å²) in [6.45, 7) is 3.59. The molecule has 1 aromatic rings. The van der Waals surface area contributed by atoms with Crippen molar-refractivity contribution in [2.24, 2.45) is 5.92 Å². The number of hydrogen-bond donors (Lipinski definition) is 1. The van der Waals surface area contributed by atoms with Crippen LogP contribution in [0.4, 0.5) is 0 Å². The van der Waals surface area contributed by atoms with E-state index in [2.05, 4.69) is 85.2 Å². The fraction of sp³-hybridized carbons (Fsp3) is 0.387. The number of hydrogen-bond acceptors (Lipinski definition) is 2. The fourth-order valence-corrected chi connectivity index (χ4v) is 3.72. The van der Waals surface area contributed by atoms with E-state index in [1.807, 2.05) is 12.1 Å². The lowest BCUT2D eigenvalue weighted by molar-refractivity contribution is -0.110. The van der Waals surface area contributed by atoms with Crippen molar-refractivity contribution in [3.05, 3.63) is 107 Å². The maximum absolute atomic E-state index is 11.3. The molecule has 0 saturated carbocycles. The van der Waals surface area contributed by atoms with Gasteiger partial charge in [-0.15, -0.1) is 0 Å². The van der Waals surface area contributed by atoms with Crippen LogP contribution >= 0.6 is 23.2 Å². The van der Waals surface area contributed by atoms with Gasteiger partial charge in [-0.3, -0.25) is 0 Å². The number of halogens is 2. The highest BCUT2D eigenvalue weighted by atomic mass is 35.5. The summed E-state index contributed by atoms with van der Waals surface area (Å²) in [7, 11) is 0. The summed E-state index contributed by atoms with van der Waals surface area (Å²) in [6, 6.07) is 5.55. The van der Waals surface area contributed by atoms with Gasteiger partial charge in [0.1, 0.15) is 6.29 Å². The number of rotatable bonds is 19. The van der Waals surface area contributed by atoms with Crippen LogP contribution in [-0.2, 0) is 11.2 Å². The molecule has 0 bridgehead atoms. The molecule has 0 fully saturated rings. The number of carbonyl (C=O) groups is 1. The third-order valence-electron chi connectivity index (χ3n) is 5.22. The summed E-state index contributed by atoms with van der Waals surface area (Å²) in [5.74, 6) is -0.0136. The first-order valence-corrected chi connectivity index (χ1v) is 13.4. The van der Waals surface area contributed by atoms with Crippen LogP contribution in [0.5, 0.6) is 0 Å². The van der Waals surface area contributed by atoms with E-state index < -0.39 is 0 Å². The Bertz CT molecular complexity index is 865. The molecule has 0 aliphatic carbocycles. The zero-order valence-corrected chi connectivity index (χ0v) is 22.6. The van der Waals surface area contributed by atoms with Crippen LogP contribution in [-0.4, -0.2) is 19.4 Å². The second-order valence-electron chi connectivity index (χ2n) is 8.24. The largest absolute Gasteiger partial charge is 0.316 e. The van der Waals surface area contributed by atoms with Crippen LogP contribution in [0, 0.1) is 5.92 Å². The number of aldehydes is 1. The molecule has 1 rings (SSSR count). The molecule has 35 heavy (non-hydrogen) atoms. The second kappa shape index (κ2) is 22.3. The molecule has 0 amide bonds. The molecule has 0 aliphatic rings. The van der Waals surface area contributed by atoms with Gasteiger partial charge >= 0.3 is 0 Å². The van der Waals surface area contributed by atoms with Gasteiger partial charge in [0.2, 0.25) is 0 Å². The van der Waals surface area contributed by atoms with Crippen molar-refractivity contribution in [2.75, 3.05) is 13.1 Å². The Labute approximate surface area is 223 Å². The highest BCUT2D eigenvalue weighted by Gasteiger charge is 2.05. The predicted molar refractivity (Wildman–Crippen MR) is 155 cm³/mol. The summed E-state index contributed by atoms with van der Waals surface area (Å²) in [4.78, 5) is 11.3. The van der Waals surface area contributed by atoms with Crippen LogP contribution in [0.25, 0.3) is 0 Å². The Balaban J connectivity index is 2.07. The van der Waals surface area contributed by atoms with Crippen LogP contribution in [0.1, 0.15) is 57.4 Å². The van der Waals surface area contributed by atoms with E-state index in [1.165, 1.54) is 0 Å². The van der Waals surface area contributed by atoms with Gasteiger partial charge in [0.15, 0.2) is 0 Å². The Morgan fingerprint density at radius 3 is 1.77 bits per heavy atom. The van der Waals surface area contributed by atoms with E-state index in [0.717, 1.165) is 69.8 Å². The van der Waals surface area contributed by atoms with Crippen LogP contribution in [0.3, 0.4) is 0 Å². The Hall–Kier alpha value is -2.13. The highest BCUT2D eigenvalue weighted by Crippen LogP contribution is 2.21. The quantitative estimate of drug-likeness (QED) is 0.113. The monoisotopic (exact) mass is 513 g/mol. The van der Waals surface area contributed by atoms with Crippen molar-refractivity contribution in [3.8, 4) is 0 Å². The van der Waals surface area contributed by atoms with E-state index >= 15 is 0 Å². The predicted octanol–water partition coefficient (Wildman–Crippen LogP) is 9.03. The molecule has 190 valence electrons. The highest BCUT2D eigenvalue weighted by molar-refractivity contribution is 6.35. The lowest BCUT2D eigenvalue weighted by Gasteiger charge is -2.10. The van der Waals surface area contributed by atoms with Gasteiger partial charge in [0, 0.05) is 22.5 Å². The molecule has 0 aliphatic heterocycles. The Morgan fingerprint density at radius 2 is 1.29 bits per heavy atom. The molecule has 0 heterocycles. The number of nitrogens with one attached hydrogen (secondary N) is 1. The number of allylic oxidation sites excluding steroid dienone is 12. The van der Waals surface area contributed by atoms with Gasteiger partial charge in [0.25, 0.3) is 0 Å². The fourth-order valence-electron chi connectivity index (χ4n) is 3.21. The molecule has 0 radical (unpaired) electrons. The average Bonchev–Trinajstić information content (AvgIpc) is 2.85. The maximum atomic E-state index is 11.3. The van der Waals surface area contributed by atoms with E-state index in [1.54, 1.807) is 6.07 Å². The minimum absolute atomic E-state index is 0.0136. The van der Waals surface area contributed by atoms with Gasteiger partial charge < -0.3 is 10.1 Å². The summed E-state index contributed by atoms with van der Waals surface area (Å²) in [5.41, 5.74) is 1.06. The lowest BCUT2D eigenvalue weighted by Crippen LogP contribution is -2.25. The smallest absolute Gasteiger partial charge is 0.124 e. The lowest BCUT2D eigenvalue weighted by atomic mass is 10.1. The Morgan fingerprint density at radius 1 is 0.771 bits per heavy atom. The van der Waals surface area contributed by atoms with Crippen molar-refractivity contribution in [2.45, 2.75) is 58.3 Å². The summed E-state index contributed by atoms with van der Waals surface area (Å²) >= 11 is 12.1. The topological polar surface area (TPSA) is 29.1 Å². The first kappa shape index (κ1) is 30.9. The Kier molecular flexibility index (Phi) is 19.7. The summed E-state index contributed by atoms with van der Waals surface area (Å²) in [5, 5.41) is 4.67. The normalized spacial score (nSPS) is 13.6. The molecule has 1 N–H and O–H groups in total. The number of carbonyl (C=O) groups excluding carboxylic acids is 1. The number of benzene rings is 1. The second-order valence-corrected chi connectivity index (χ2v) is 9.08. The molecule has 0 spiro atoms. The van der Waals surface area contributed by atoms with E-state index in [4.69, 9.17) is 23.2 Å². The van der Waals surface area contributed by atoms with E-state index in [-0.39, 0.29) is 5.92 Å². The molecule has 1 aromatic carbocycles. The maximum Gasteiger partial charge on any atom is 0.124 e. The van der Waals surface area contributed by atoms with Gasteiger partial charge in [0.05, 0.1) is 0 Å². The average molecular weight is 515 g/mol. The molecule has 1 atom stereocenters. The van der Waals surface area contributed by atoms with Crippen LogP contribution in [0.2, 0.25) is 10.0 Å². The zero-order chi connectivity index (χ0) is 25.4. The summed E-state index contributed by atoms with van der Waals surface area (Å²) < 4.78 is 0. The zero-order valence-electron chi connectivity index (χ0n) is 21.1. The van der Waals surface area contributed by atoms with Crippen molar-refractivity contribution < 1.29 is 4.79 Å². The third-order valence-corrected chi connectivity index (χ3v) is 5.81. The minimum atomic E-state index is -0.0136. The molecule has 0 saturated heterocycles. The molecule has 2 nitrogen and oxygen atoms in total. The van der Waals surface area contributed by atoms with Crippen molar-refractivity contribution >= 4 is 29.5 Å². The molecule has 0 aromatic heterocycles. The van der Waals surface area contributed by atoms with Gasteiger partial charge in [-0.2, -0.15) is 0 Å². The standard InChI is InChI=1S/C31H41Cl2NO/c1-2-3-4-5-6-7-8-9-10-11-12-13-14-15-16-17-18-19-20-28(27-35)26-34-24-23-29-21-22-30(32)25-31(29)33/h3-4,6-7,9-10,12-13,15-16,18-19,21-22,25,27-28,34H,2,5,8,11,14,17,20,23-24,26H2,1H3. The van der Waals surface area contributed by atoms with Crippen molar-refractivity contribution in [1.82, 2.24) is 5.32 Å².